The smallest absolute Gasteiger partial charge is 0.261 e. The lowest BCUT2D eigenvalue weighted by Gasteiger charge is -2.39. The van der Waals surface area contributed by atoms with E-state index >= 15 is 0 Å². The van der Waals surface area contributed by atoms with Crippen molar-refractivity contribution in [3.8, 4) is 11.5 Å². The van der Waals surface area contributed by atoms with E-state index in [9.17, 15) is 14.0 Å². The summed E-state index contributed by atoms with van der Waals surface area (Å²) in [7, 11) is 3.07. The Morgan fingerprint density at radius 3 is 1.94 bits per heavy atom. The van der Waals surface area contributed by atoms with E-state index in [-0.39, 0.29) is 23.5 Å². The first-order chi connectivity index (χ1) is 16.0. The second-order valence-corrected chi connectivity index (χ2v) is 8.39. The lowest BCUT2D eigenvalue weighted by Crippen LogP contribution is -2.52. The molecule has 0 spiro atoms. The van der Waals surface area contributed by atoms with Crippen LogP contribution in [0.2, 0.25) is 0 Å². The summed E-state index contributed by atoms with van der Waals surface area (Å²) >= 11 is 0. The number of nitrogens with zero attached hydrogens (tertiary/aromatic N) is 3. The molecule has 176 valence electrons. The molecule has 4 rings (SSSR count). The average molecular weight is 456 g/mol. The molecule has 0 saturated carbocycles. The van der Waals surface area contributed by atoms with Crippen molar-refractivity contribution in [1.29, 1.82) is 0 Å². The highest BCUT2D eigenvalue weighted by Crippen LogP contribution is 2.31. The molecule has 0 unspecified atom stereocenters. The number of carbonyl (C=O) groups excluding carboxylic acids is 2. The molecule has 8 heteroatoms. The Kier molecular flexibility index (Phi) is 7.01. The van der Waals surface area contributed by atoms with E-state index in [0.717, 1.165) is 18.8 Å². The number of methoxy groups -OCH3 is 2. The molecule has 0 N–H and O–H groups in total. The summed E-state index contributed by atoms with van der Waals surface area (Å²) in [6, 6.07) is 11.8. The maximum atomic E-state index is 13.2. The van der Waals surface area contributed by atoms with Gasteiger partial charge < -0.3 is 24.2 Å². The summed E-state index contributed by atoms with van der Waals surface area (Å²) in [5, 5.41) is 0. The number of carbonyl (C=O) groups is 2. The van der Waals surface area contributed by atoms with Gasteiger partial charge in [-0.3, -0.25) is 9.59 Å². The van der Waals surface area contributed by atoms with E-state index in [1.807, 2.05) is 4.90 Å². The summed E-state index contributed by atoms with van der Waals surface area (Å²) < 4.78 is 23.9. The van der Waals surface area contributed by atoms with Crippen LogP contribution < -0.4 is 14.4 Å². The molecule has 33 heavy (non-hydrogen) atoms. The van der Waals surface area contributed by atoms with Gasteiger partial charge in [0, 0.05) is 50.9 Å². The van der Waals surface area contributed by atoms with Gasteiger partial charge in [-0.1, -0.05) is 6.07 Å². The fraction of sp³-hybridized carbons (Fsp3) is 0.440. The number of hydrogen-bond acceptors (Lipinski definition) is 5. The summed E-state index contributed by atoms with van der Waals surface area (Å²) in [6.45, 7) is 3.78. The second-order valence-electron chi connectivity index (χ2n) is 8.39. The maximum absolute atomic E-state index is 13.2. The van der Waals surface area contributed by atoms with Crippen LogP contribution in [0.15, 0.2) is 42.5 Å². The number of anilines is 1. The molecular weight excluding hydrogens is 425 g/mol. The average Bonchev–Trinajstić information content (AvgIpc) is 2.88. The first-order valence-electron chi connectivity index (χ1n) is 11.3. The molecule has 0 aromatic heterocycles. The number of piperidine rings is 1. The predicted molar refractivity (Wildman–Crippen MR) is 123 cm³/mol. The van der Waals surface area contributed by atoms with E-state index in [1.54, 1.807) is 35.2 Å². The van der Waals surface area contributed by atoms with Crippen molar-refractivity contribution in [2.45, 2.75) is 12.8 Å². The highest BCUT2D eigenvalue weighted by atomic mass is 19.1. The largest absolute Gasteiger partial charge is 0.496 e. The van der Waals surface area contributed by atoms with Gasteiger partial charge >= 0.3 is 0 Å². The molecule has 2 aromatic carbocycles. The molecule has 2 aliphatic rings. The fourth-order valence-electron chi connectivity index (χ4n) is 4.64. The summed E-state index contributed by atoms with van der Waals surface area (Å²) in [5.74, 6) is 0.666. The van der Waals surface area contributed by atoms with Gasteiger partial charge in [0.2, 0.25) is 5.91 Å². The fourth-order valence-corrected chi connectivity index (χ4v) is 4.64. The quantitative estimate of drug-likeness (QED) is 0.694. The minimum atomic E-state index is -0.249. The molecule has 2 aromatic rings. The van der Waals surface area contributed by atoms with E-state index < -0.39 is 0 Å². The molecule has 2 amide bonds. The Labute approximate surface area is 193 Å². The van der Waals surface area contributed by atoms with Crippen molar-refractivity contribution in [2.75, 3.05) is 58.4 Å². The molecule has 2 aliphatic heterocycles. The predicted octanol–water partition coefficient (Wildman–Crippen LogP) is 3.04. The standard InChI is InChI=1S/C25H30FN3O4/c1-32-21-4-3-5-22(33-2)23(21)25(31)28-12-10-18(11-13-28)24(30)29-16-14-27(15-17-29)20-8-6-19(26)7-9-20/h3-9,18H,10-17H2,1-2H3. The van der Waals surface area contributed by atoms with Gasteiger partial charge in [-0.25, -0.2) is 4.39 Å². The van der Waals surface area contributed by atoms with Crippen LogP contribution in [0, 0.1) is 11.7 Å². The Morgan fingerprint density at radius 1 is 0.818 bits per heavy atom. The summed E-state index contributed by atoms with van der Waals surface area (Å²) in [6.07, 6.45) is 1.28. The molecule has 7 nitrogen and oxygen atoms in total. The highest BCUT2D eigenvalue weighted by molar-refractivity contribution is 6.00. The van der Waals surface area contributed by atoms with Crippen molar-refractivity contribution >= 4 is 17.5 Å². The first kappa shape index (κ1) is 22.9. The summed E-state index contributed by atoms with van der Waals surface area (Å²) in [4.78, 5) is 32.1. The van der Waals surface area contributed by atoms with E-state index in [0.29, 0.717) is 56.1 Å². The van der Waals surface area contributed by atoms with Crippen molar-refractivity contribution in [3.05, 3.63) is 53.8 Å². The third-order valence-electron chi connectivity index (χ3n) is 6.56. The molecule has 0 radical (unpaired) electrons. The molecule has 0 aliphatic carbocycles. The zero-order valence-electron chi connectivity index (χ0n) is 19.1. The third-order valence-corrected chi connectivity index (χ3v) is 6.56. The van der Waals surface area contributed by atoms with Crippen LogP contribution in [0.5, 0.6) is 11.5 Å². The number of piperazine rings is 1. The highest BCUT2D eigenvalue weighted by Gasteiger charge is 2.33. The topological polar surface area (TPSA) is 62.3 Å². The zero-order valence-corrected chi connectivity index (χ0v) is 19.1. The van der Waals surface area contributed by atoms with Crippen molar-refractivity contribution in [3.63, 3.8) is 0 Å². The van der Waals surface area contributed by atoms with Gasteiger partial charge in [0.15, 0.2) is 0 Å². The first-order valence-corrected chi connectivity index (χ1v) is 11.3. The SMILES string of the molecule is COc1cccc(OC)c1C(=O)N1CCC(C(=O)N2CCN(c3ccc(F)cc3)CC2)CC1. The van der Waals surface area contributed by atoms with Crippen LogP contribution in [0.1, 0.15) is 23.2 Å². The van der Waals surface area contributed by atoms with Crippen LogP contribution in [-0.2, 0) is 4.79 Å². The second kappa shape index (κ2) is 10.1. The molecule has 2 heterocycles. The van der Waals surface area contributed by atoms with Gasteiger partial charge in [-0.15, -0.1) is 0 Å². The van der Waals surface area contributed by atoms with Gasteiger partial charge in [0.1, 0.15) is 22.9 Å². The minimum Gasteiger partial charge on any atom is -0.496 e. The van der Waals surface area contributed by atoms with Crippen LogP contribution in [0.25, 0.3) is 0 Å². The van der Waals surface area contributed by atoms with E-state index in [2.05, 4.69) is 4.90 Å². The molecule has 0 atom stereocenters. The monoisotopic (exact) mass is 455 g/mol. The van der Waals surface area contributed by atoms with E-state index in [1.165, 1.54) is 26.4 Å². The van der Waals surface area contributed by atoms with Crippen LogP contribution >= 0.6 is 0 Å². The van der Waals surface area contributed by atoms with Crippen LogP contribution in [0.4, 0.5) is 10.1 Å². The Morgan fingerprint density at radius 2 is 1.39 bits per heavy atom. The van der Waals surface area contributed by atoms with Gasteiger partial charge in [0.05, 0.1) is 14.2 Å². The molecule has 2 fully saturated rings. The normalized spacial score (nSPS) is 17.1. The van der Waals surface area contributed by atoms with Gasteiger partial charge in [-0.05, 0) is 49.2 Å². The zero-order chi connectivity index (χ0) is 23.4. The maximum Gasteiger partial charge on any atom is 0.261 e. The van der Waals surface area contributed by atoms with Gasteiger partial charge in [-0.2, -0.15) is 0 Å². The number of benzene rings is 2. The van der Waals surface area contributed by atoms with Crippen LogP contribution in [0.3, 0.4) is 0 Å². The Hall–Kier alpha value is -3.29. The van der Waals surface area contributed by atoms with Crippen molar-refractivity contribution in [2.24, 2.45) is 5.92 Å². The lowest BCUT2D eigenvalue weighted by atomic mass is 9.94. The number of likely N-dealkylation sites (tertiary alicyclic amines) is 1. The number of halogens is 1. The van der Waals surface area contributed by atoms with Crippen molar-refractivity contribution in [1.82, 2.24) is 9.80 Å². The Bertz CT molecular complexity index is 959. The molecule has 2 saturated heterocycles. The van der Waals surface area contributed by atoms with Gasteiger partial charge in [0.25, 0.3) is 5.91 Å². The van der Waals surface area contributed by atoms with Crippen molar-refractivity contribution < 1.29 is 23.5 Å². The van der Waals surface area contributed by atoms with Crippen LogP contribution in [-0.4, -0.2) is 75.1 Å². The number of amides is 2. The van der Waals surface area contributed by atoms with E-state index in [4.69, 9.17) is 9.47 Å². The minimum absolute atomic E-state index is 0.0778. The lowest BCUT2D eigenvalue weighted by molar-refractivity contribution is -0.137. The molecule has 0 bridgehead atoms. The number of ether oxygens (including phenoxy) is 2. The number of rotatable bonds is 5. The molecular formula is C25H30FN3O4. The third kappa shape index (κ3) is 4.89. The Balaban J connectivity index is 1.32. The summed E-state index contributed by atoms with van der Waals surface area (Å²) in [5.41, 5.74) is 1.39. The number of hydrogen-bond donors (Lipinski definition) is 0.